The van der Waals surface area contributed by atoms with Crippen LogP contribution in [-0.4, -0.2) is 19.1 Å². The van der Waals surface area contributed by atoms with Gasteiger partial charge in [0.25, 0.3) is 0 Å². The lowest BCUT2D eigenvalue weighted by Crippen LogP contribution is -2.36. The Labute approximate surface area is 121 Å². The molecule has 3 rings (SSSR count). The Morgan fingerprint density at radius 1 is 0.950 bits per heavy atom. The maximum atomic E-state index is 3.73. The summed E-state index contributed by atoms with van der Waals surface area (Å²) < 4.78 is 0. The summed E-state index contributed by atoms with van der Waals surface area (Å²) in [6, 6.07) is 22.3. The minimum Gasteiger partial charge on any atom is -0.313 e. The number of hydrogen-bond acceptors (Lipinski definition) is 2. The van der Waals surface area contributed by atoms with Crippen LogP contribution in [0.1, 0.15) is 30.0 Å². The van der Waals surface area contributed by atoms with Crippen molar-refractivity contribution in [2.75, 3.05) is 13.1 Å². The highest BCUT2D eigenvalue weighted by molar-refractivity contribution is 5.31. The third-order valence-electron chi connectivity index (χ3n) is 4.00. The van der Waals surface area contributed by atoms with Gasteiger partial charge >= 0.3 is 0 Å². The lowest BCUT2D eigenvalue weighted by atomic mass is 9.98. The molecule has 0 spiro atoms. The van der Waals surface area contributed by atoms with E-state index >= 15 is 0 Å². The zero-order valence-electron chi connectivity index (χ0n) is 11.8. The van der Waals surface area contributed by atoms with Gasteiger partial charge in [-0.05, 0) is 30.5 Å². The molecule has 0 saturated carbocycles. The largest absolute Gasteiger partial charge is 0.313 e. The smallest absolute Gasteiger partial charge is 0.0577 e. The van der Waals surface area contributed by atoms with Crippen LogP contribution < -0.4 is 10.6 Å². The molecule has 1 atom stereocenters. The van der Waals surface area contributed by atoms with Gasteiger partial charge in [-0.2, -0.15) is 0 Å². The summed E-state index contributed by atoms with van der Waals surface area (Å²) >= 11 is 0. The third kappa shape index (κ3) is 3.27. The van der Waals surface area contributed by atoms with Crippen LogP contribution in [0.3, 0.4) is 0 Å². The Kier molecular flexibility index (Phi) is 4.46. The van der Waals surface area contributed by atoms with Crippen LogP contribution in [0.4, 0.5) is 0 Å². The minimum absolute atomic E-state index is 0.278. The Hall–Kier alpha value is -1.64. The first kappa shape index (κ1) is 13.3. The zero-order chi connectivity index (χ0) is 13.6. The second-order valence-electron chi connectivity index (χ2n) is 5.46. The van der Waals surface area contributed by atoms with Gasteiger partial charge in [0.15, 0.2) is 0 Å². The number of benzene rings is 2. The van der Waals surface area contributed by atoms with E-state index in [1.807, 2.05) is 0 Å². The topological polar surface area (TPSA) is 24.1 Å². The van der Waals surface area contributed by atoms with Gasteiger partial charge in [0, 0.05) is 12.6 Å². The van der Waals surface area contributed by atoms with Crippen LogP contribution in [0.5, 0.6) is 0 Å². The molecule has 1 fully saturated rings. The Morgan fingerprint density at radius 2 is 1.55 bits per heavy atom. The predicted molar refractivity (Wildman–Crippen MR) is 83.8 cm³/mol. The highest BCUT2D eigenvalue weighted by Crippen LogP contribution is 2.22. The van der Waals surface area contributed by atoms with Crippen molar-refractivity contribution in [1.29, 1.82) is 0 Å². The normalized spacial score (nSPS) is 18.6. The van der Waals surface area contributed by atoms with Gasteiger partial charge in [-0.1, -0.05) is 60.7 Å². The molecule has 1 heterocycles. The van der Waals surface area contributed by atoms with Crippen LogP contribution in [0.2, 0.25) is 0 Å². The van der Waals surface area contributed by atoms with Gasteiger partial charge < -0.3 is 10.6 Å². The maximum absolute atomic E-state index is 3.73. The standard InChI is InChI=1S/C18H22N2/c1-3-8-15(9-4-1)18(16-10-5-2-6-11-16)20-14-17-12-7-13-19-17/h1-6,8-11,17-20H,7,12-14H2. The first-order chi connectivity index (χ1) is 9.93. The number of nitrogens with one attached hydrogen (secondary N) is 2. The van der Waals surface area contributed by atoms with Gasteiger partial charge in [0.2, 0.25) is 0 Å². The lowest BCUT2D eigenvalue weighted by Gasteiger charge is -2.22. The molecule has 104 valence electrons. The molecular weight excluding hydrogens is 244 g/mol. The molecule has 2 nitrogen and oxygen atoms in total. The quantitative estimate of drug-likeness (QED) is 0.869. The summed E-state index contributed by atoms with van der Waals surface area (Å²) in [5, 5.41) is 7.28. The molecule has 2 N–H and O–H groups in total. The molecule has 2 heteroatoms. The predicted octanol–water partition coefficient (Wildman–Crippen LogP) is 3.12. The molecule has 1 saturated heterocycles. The van der Waals surface area contributed by atoms with Gasteiger partial charge in [0.1, 0.15) is 0 Å². The Balaban J connectivity index is 1.76. The summed E-state index contributed by atoms with van der Waals surface area (Å²) in [6.45, 7) is 2.18. The summed E-state index contributed by atoms with van der Waals surface area (Å²) in [5.74, 6) is 0. The second-order valence-corrected chi connectivity index (χ2v) is 5.46. The molecule has 0 aromatic heterocycles. The van der Waals surface area contributed by atoms with Crippen LogP contribution in [0, 0.1) is 0 Å². The highest BCUT2D eigenvalue weighted by Gasteiger charge is 2.18. The van der Waals surface area contributed by atoms with Crippen molar-refractivity contribution in [1.82, 2.24) is 10.6 Å². The van der Waals surface area contributed by atoms with E-state index in [9.17, 15) is 0 Å². The van der Waals surface area contributed by atoms with E-state index in [1.54, 1.807) is 0 Å². The number of rotatable bonds is 5. The molecule has 2 aromatic rings. The van der Waals surface area contributed by atoms with E-state index in [0.29, 0.717) is 6.04 Å². The van der Waals surface area contributed by atoms with Gasteiger partial charge in [0.05, 0.1) is 6.04 Å². The SMILES string of the molecule is c1ccc(C(NCC2CCCN2)c2ccccc2)cc1. The summed E-state index contributed by atoms with van der Waals surface area (Å²) in [7, 11) is 0. The Bertz CT molecular complexity index is 464. The monoisotopic (exact) mass is 266 g/mol. The van der Waals surface area contributed by atoms with Crippen molar-refractivity contribution in [2.24, 2.45) is 0 Å². The van der Waals surface area contributed by atoms with Crippen molar-refractivity contribution in [2.45, 2.75) is 24.9 Å². The third-order valence-corrected chi connectivity index (χ3v) is 4.00. The molecular formula is C18H22N2. The molecule has 0 radical (unpaired) electrons. The molecule has 1 aliphatic heterocycles. The fourth-order valence-electron chi connectivity index (χ4n) is 2.91. The van der Waals surface area contributed by atoms with Gasteiger partial charge in [-0.3, -0.25) is 0 Å². The van der Waals surface area contributed by atoms with Crippen LogP contribution in [0.15, 0.2) is 60.7 Å². The zero-order valence-corrected chi connectivity index (χ0v) is 11.8. The molecule has 1 unspecified atom stereocenters. The lowest BCUT2D eigenvalue weighted by molar-refractivity contribution is 0.504. The fraction of sp³-hybridized carbons (Fsp3) is 0.333. The highest BCUT2D eigenvalue weighted by atomic mass is 15.0. The van der Waals surface area contributed by atoms with Gasteiger partial charge in [-0.15, -0.1) is 0 Å². The Morgan fingerprint density at radius 3 is 2.05 bits per heavy atom. The van der Waals surface area contributed by atoms with Crippen LogP contribution in [0.25, 0.3) is 0 Å². The molecule has 0 bridgehead atoms. The molecule has 20 heavy (non-hydrogen) atoms. The average molecular weight is 266 g/mol. The van der Waals surface area contributed by atoms with Crippen molar-refractivity contribution in [3.05, 3.63) is 71.8 Å². The van der Waals surface area contributed by atoms with Crippen molar-refractivity contribution in [3.8, 4) is 0 Å². The maximum Gasteiger partial charge on any atom is 0.0577 e. The molecule has 0 amide bonds. The first-order valence-electron chi connectivity index (χ1n) is 7.50. The second kappa shape index (κ2) is 6.69. The molecule has 2 aromatic carbocycles. The fourth-order valence-corrected chi connectivity index (χ4v) is 2.91. The van der Waals surface area contributed by atoms with Crippen molar-refractivity contribution < 1.29 is 0 Å². The average Bonchev–Trinajstić information content (AvgIpc) is 3.03. The van der Waals surface area contributed by atoms with Crippen LogP contribution >= 0.6 is 0 Å². The van der Waals surface area contributed by atoms with E-state index in [-0.39, 0.29) is 6.04 Å². The van der Waals surface area contributed by atoms with E-state index in [2.05, 4.69) is 71.3 Å². The minimum atomic E-state index is 0.278. The first-order valence-corrected chi connectivity index (χ1v) is 7.50. The van der Waals surface area contributed by atoms with Crippen LogP contribution in [-0.2, 0) is 0 Å². The van der Waals surface area contributed by atoms with E-state index in [0.717, 1.165) is 13.1 Å². The summed E-state index contributed by atoms with van der Waals surface area (Å²) in [6.07, 6.45) is 2.58. The summed E-state index contributed by atoms with van der Waals surface area (Å²) in [5.41, 5.74) is 2.66. The summed E-state index contributed by atoms with van der Waals surface area (Å²) in [4.78, 5) is 0. The molecule has 1 aliphatic rings. The molecule has 0 aliphatic carbocycles. The van der Waals surface area contributed by atoms with E-state index in [4.69, 9.17) is 0 Å². The van der Waals surface area contributed by atoms with E-state index in [1.165, 1.54) is 24.0 Å². The van der Waals surface area contributed by atoms with Gasteiger partial charge in [-0.25, -0.2) is 0 Å². The van der Waals surface area contributed by atoms with Crippen molar-refractivity contribution in [3.63, 3.8) is 0 Å². The van der Waals surface area contributed by atoms with E-state index < -0.39 is 0 Å². The number of hydrogen-bond donors (Lipinski definition) is 2. The van der Waals surface area contributed by atoms with Crippen molar-refractivity contribution >= 4 is 0 Å².